The van der Waals surface area contributed by atoms with Gasteiger partial charge in [-0.05, 0) is 54.6 Å². The number of esters is 1. The molecule has 2 heterocycles. The SMILES string of the molecule is CCOC(=O)[C@H]1C(=O)C2=C(C[C@@H]1c1cccs1)N(c1ccc(F)cc1)C(=O)C[C@H]2c1cccc([N+](=O)[O-])c1. The second-order valence-corrected chi connectivity index (χ2v) is 10.1. The number of nitro benzene ring substituents is 1. The summed E-state index contributed by atoms with van der Waals surface area (Å²) in [6.07, 6.45) is 0.0297. The molecule has 0 saturated carbocycles. The zero-order valence-corrected chi connectivity index (χ0v) is 21.2. The van der Waals surface area contributed by atoms with Gasteiger partial charge >= 0.3 is 5.97 Å². The first-order valence-corrected chi connectivity index (χ1v) is 13.0. The number of benzene rings is 2. The number of ether oxygens (including phenoxy) is 1. The molecule has 10 heteroatoms. The van der Waals surface area contributed by atoms with Crippen LogP contribution in [-0.2, 0) is 19.1 Å². The Morgan fingerprint density at radius 2 is 1.89 bits per heavy atom. The molecule has 0 unspecified atom stereocenters. The lowest BCUT2D eigenvalue weighted by atomic mass is 9.69. The van der Waals surface area contributed by atoms with Crippen molar-refractivity contribution >= 4 is 40.4 Å². The summed E-state index contributed by atoms with van der Waals surface area (Å²) in [6.45, 7) is 1.76. The minimum atomic E-state index is -1.13. The van der Waals surface area contributed by atoms with E-state index >= 15 is 0 Å². The minimum absolute atomic E-state index is 0.0974. The summed E-state index contributed by atoms with van der Waals surface area (Å²) in [5, 5.41) is 13.3. The van der Waals surface area contributed by atoms with Crippen molar-refractivity contribution in [2.45, 2.75) is 31.6 Å². The Balaban J connectivity index is 1.72. The van der Waals surface area contributed by atoms with Crippen LogP contribution < -0.4 is 4.90 Å². The number of nitro groups is 1. The maximum atomic E-state index is 14.2. The van der Waals surface area contributed by atoms with E-state index in [1.165, 1.54) is 58.7 Å². The normalized spacial score (nSPS) is 21.3. The Hall–Kier alpha value is -4.18. The number of carbonyl (C=O) groups is 3. The third-order valence-electron chi connectivity index (χ3n) is 6.94. The number of non-ortho nitro benzene ring substituents is 1. The van der Waals surface area contributed by atoms with Gasteiger partial charge in [0.2, 0.25) is 5.91 Å². The van der Waals surface area contributed by atoms with Crippen LogP contribution in [0.25, 0.3) is 0 Å². The Morgan fingerprint density at radius 3 is 2.55 bits per heavy atom. The third-order valence-corrected chi connectivity index (χ3v) is 7.94. The fourth-order valence-electron chi connectivity index (χ4n) is 5.33. The van der Waals surface area contributed by atoms with Crippen LogP contribution in [0.3, 0.4) is 0 Å². The molecule has 0 bridgehead atoms. The minimum Gasteiger partial charge on any atom is -0.465 e. The van der Waals surface area contributed by atoms with Gasteiger partial charge in [0.25, 0.3) is 5.69 Å². The van der Waals surface area contributed by atoms with Crippen LogP contribution in [-0.4, -0.2) is 29.2 Å². The van der Waals surface area contributed by atoms with E-state index in [0.717, 1.165) is 4.88 Å². The van der Waals surface area contributed by atoms with E-state index in [1.54, 1.807) is 13.0 Å². The fraction of sp³-hybridized carbons (Fsp3) is 0.250. The van der Waals surface area contributed by atoms with Gasteiger partial charge in [0.1, 0.15) is 11.7 Å². The van der Waals surface area contributed by atoms with Crippen molar-refractivity contribution in [3.8, 4) is 0 Å². The van der Waals surface area contributed by atoms with Gasteiger partial charge in [-0.3, -0.25) is 29.4 Å². The number of hydrogen-bond acceptors (Lipinski definition) is 7. The van der Waals surface area contributed by atoms with Gasteiger partial charge in [0.15, 0.2) is 5.78 Å². The van der Waals surface area contributed by atoms with Gasteiger partial charge in [-0.15, -0.1) is 11.3 Å². The maximum absolute atomic E-state index is 14.2. The number of allylic oxidation sites excluding steroid dienone is 2. The molecule has 3 aromatic rings. The highest BCUT2D eigenvalue weighted by Gasteiger charge is 2.50. The van der Waals surface area contributed by atoms with Crippen LogP contribution >= 0.6 is 11.3 Å². The highest BCUT2D eigenvalue weighted by atomic mass is 32.1. The summed E-state index contributed by atoms with van der Waals surface area (Å²) in [7, 11) is 0. The van der Waals surface area contributed by atoms with E-state index < -0.39 is 40.2 Å². The van der Waals surface area contributed by atoms with E-state index in [4.69, 9.17) is 4.74 Å². The first-order valence-electron chi connectivity index (χ1n) is 12.1. The predicted molar refractivity (Wildman–Crippen MR) is 138 cm³/mol. The lowest BCUT2D eigenvalue weighted by molar-refractivity contribution is -0.384. The summed E-state index contributed by atoms with van der Waals surface area (Å²) in [6, 6.07) is 14.9. The first kappa shape index (κ1) is 25.5. The van der Waals surface area contributed by atoms with E-state index in [9.17, 15) is 28.9 Å². The molecule has 8 nitrogen and oxygen atoms in total. The number of nitrogens with zero attached hydrogens (tertiary/aromatic N) is 2. The highest BCUT2D eigenvalue weighted by Crippen LogP contribution is 2.50. The number of thiophene rings is 1. The molecule has 1 aliphatic carbocycles. The molecule has 1 aliphatic heterocycles. The molecular formula is C28H23FN2O6S. The van der Waals surface area contributed by atoms with Crippen LogP contribution in [0, 0.1) is 21.8 Å². The summed E-state index contributed by atoms with van der Waals surface area (Å²) in [5.74, 6) is -4.41. The molecule has 2 aromatic carbocycles. The van der Waals surface area contributed by atoms with Crippen molar-refractivity contribution in [1.29, 1.82) is 0 Å². The molecule has 0 saturated heterocycles. The van der Waals surface area contributed by atoms with Crippen LogP contribution in [0.1, 0.15) is 42.0 Å². The van der Waals surface area contributed by atoms with E-state index in [-0.39, 0.29) is 36.6 Å². The molecule has 0 fully saturated rings. The Labute approximate surface area is 221 Å². The molecular weight excluding hydrogens is 511 g/mol. The van der Waals surface area contributed by atoms with E-state index in [0.29, 0.717) is 16.9 Å². The molecule has 0 radical (unpaired) electrons. The van der Waals surface area contributed by atoms with Crippen molar-refractivity contribution < 1.29 is 28.4 Å². The lowest BCUT2D eigenvalue weighted by Gasteiger charge is -2.42. The largest absolute Gasteiger partial charge is 0.465 e. The number of rotatable bonds is 6. The van der Waals surface area contributed by atoms with Gasteiger partial charge in [-0.1, -0.05) is 18.2 Å². The van der Waals surface area contributed by atoms with Crippen LogP contribution in [0.4, 0.5) is 15.8 Å². The van der Waals surface area contributed by atoms with Gasteiger partial charge in [0.05, 0.1) is 11.5 Å². The van der Waals surface area contributed by atoms with E-state index in [1.807, 2.05) is 17.5 Å². The molecule has 1 amide bonds. The van der Waals surface area contributed by atoms with Gasteiger partial charge in [-0.25, -0.2) is 4.39 Å². The van der Waals surface area contributed by atoms with Crippen LogP contribution in [0.2, 0.25) is 0 Å². The first-order chi connectivity index (χ1) is 18.3. The predicted octanol–water partition coefficient (Wildman–Crippen LogP) is 5.51. The fourth-order valence-corrected chi connectivity index (χ4v) is 6.20. The molecule has 0 N–H and O–H groups in total. The van der Waals surface area contributed by atoms with Gasteiger partial charge in [-0.2, -0.15) is 0 Å². The number of Topliss-reactive ketones (excluding diaryl/α,β-unsaturated/α-hetero) is 1. The van der Waals surface area contributed by atoms with Crippen molar-refractivity contribution in [1.82, 2.24) is 0 Å². The average molecular weight is 535 g/mol. The summed E-state index contributed by atoms with van der Waals surface area (Å²) < 4.78 is 19.0. The highest BCUT2D eigenvalue weighted by molar-refractivity contribution is 7.10. The second-order valence-electron chi connectivity index (χ2n) is 9.09. The number of halogens is 1. The van der Waals surface area contributed by atoms with Crippen molar-refractivity contribution in [2.75, 3.05) is 11.5 Å². The average Bonchev–Trinajstić information content (AvgIpc) is 3.44. The quantitative estimate of drug-likeness (QED) is 0.179. The number of hydrogen-bond donors (Lipinski definition) is 0. The zero-order valence-electron chi connectivity index (χ0n) is 20.3. The lowest BCUT2D eigenvalue weighted by Crippen LogP contribution is -2.46. The molecule has 3 atom stereocenters. The van der Waals surface area contributed by atoms with Crippen LogP contribution in [0.15, 0.2) is 77.3 Å². The zero-order chi connectivity index (χ0) is 27.0. The third kappa shape index (κ3) is 4.51. The Kier molecular flexibility index (Phi) is 6.90. The summed E-state index contributed by atoms with van der Waals surface area (Å²) in [5.41, 5.74) is 1.33. The monoisotopic (exact) mass is 534 g/mol. The van der Waals surface area contributed by atoms with Crippen LogP contribution in [0.5, 0.6) is 0 Å². The topological polar surface area (TPSA) is 107 Å². The molecule has 2 aliphatic rings. The Morgan fingerprint density at radius 1 is 1.13 bits per heavy atom. The number of ketones is 1. The summed E-state index contributed by atoms with van der Waals surface area (Å²) >= 11 is 1.40. The van der Waals surface area contributed by atoms with Crippen molar-refractivity contribution in [2.24, 2.45) is 5.92 Å². The number of carbonyl (C=O) groups excluding carboxylic acids is 3. The van der Waals surface area contributed by atoms with E-state index in [2.05, 4.69) is 0 Å². The maximum Gasteiger partial charge on any atom is 0.317 e. The molecule has 1 aromatic heterocycles. The number of amides is 1. The van der Waals surface area contributed by atoms with Gasteiger partial charge in [0, 0.05) is 52.2 Å². The molecule has 5 rings (SSSR count). The Bertz CT molecular complexity index is 1450. The van der Waals surface area contributed by atoms with Crippen molar-refractivity contribution in [3.05, 3.63) is 104 Å². The second kappa shape index (κ2) is 10.3. The standard InChI is InChI=1S/C28H23FN2O6S/c1-2-37-28(34)26-21(23-7-4-12-38-23)14-22-25(27(26)33)20(16-5-3-6-19(13-16)31(35)36)15-24(32)30(22)18-10-8-17(29)9-11-18/h3-13,20-21,26H,2,14-15H2,1H3/t20-,21+,26+/m0/s1. The molecule has 194 valence electrons. The molecule has 38 heavy (non-hydrogen) atoms. The number of anilines is 1. The van der Waals surface area contributed by atoms with Crippen molar-refractivity contribution in [3.63, 3.8) is 0 Å². The molecule has 0 spiro atoms. The summed E-state index contributed by atoms with van der Waals surface area (Å²) in [4.78, 5) is 54.2. The smallest absolute Gasteiger partial charge is 0.317 e. The van der Waals surface area contributed by atoms with Gasteiger partial charge < -0.3 is 4.74 Å².